The van der Waals surface area contributed by atoms with Gasteiger partial charge in [0.15, 0.2) is 0 Å². The van der Waals surface area contributed by atoms with Crippen LogP contribution in [0.5, 0.6) is 0 Å². The van der Waals surface area contributed by atoms with Crippen LogP contribution in [0.3, 0.4) is 0 Å². The summed E-state index contributed by atoms with van der Waals surface area (Å²) in [4.78, 5) is 15.8. The second-order valence-electron chi connectivity index (χ2n) is 3.53. The van der Waals surface area contributed by atoms with Crippen molar-refractivity contribution in [2.75, 3.05) is 11.1 Å². The van der Waals surface area contributed by atoms with Gasteiger partial charge in [0.2, 0.25) is 0 Å². The summed E-state index contributed by atoms with van der Waals surface area (Å²) in [5, 5.41) is 2.43. The lowest BCUT2D eigenvalue weighted by Crippen LogP contribution is -2.15. The quantitative estimate of drug-likeness (QED) is 0.838. The molecule has 0 radical (unpaired) electrons. The molecule has 0 aliphatic carbocycles. The molecule has 0 spiro atoms. The number of hydrogen-bond acceptors (Lipinski definition) is 3. The van der Waals surface area contributed by atoms with Gasteiger partial charge in [-0.25, -0.2) is 9.37 Å². The number of nitrogens with two attached hydrogens (primary N) is 1. The zero-order chi connectivity index (χ0) is 13.1. The Morgan fingerprint density at radius 3 is 2.83 bits per heavy atom. The Morgan fingerprint density at radius 2 is 2.17 bits per heavy atom. The van der Waals surface area contributed by atoms with Crippen LogP contribution in [0.2, 0.25) is 0 Å². The van der Waals surface area contributed by atoms with Crippen molar-refractivity contribution in [3.8, 4) is 0 Å². The fourth-order valence-corrected chi connectivity index (χ4v) is 1.80. The summed E-state index contributed by atoms with van der Waals surface area (Å²) in [5.74, 6) is -1.08. The van der Waals surface area contributed by atoms with E-state index in [2.05, 4.69) is 26.2 Å². The van der Waals surface area contributed by atoms with Crippen LogP contribution < -0.4 is 11.1 Å². The van der Waals surface area contributed by atoms with Crippen LogP contribution in [-0.4, -0.2) is 10.9 Å². The van der Waals surface area contributed by atoms with Crippen LogP contribution in [-0.2, 0) is 0 Å². The molecule has 2 rings (SSSR count). The lowest BCUT2D eigenvalue weighted by Gasteiger charge is -2.07. The van der Waals surface area contributed by atoms with E-state index in [0.717, 1.165) is 6.07 Å². The van der Waals surface area contributed by atoms with E-state index < -0.39 is 11.7 Å². The molecule has 0 aliphatic rings. The predicted molar refractivity (Wildman–Crippen MR) is 70.7 cm³/mol. The smallest absolute Gasteiger partial charge is 0.275 e. The molecule has 3 N–H and O–H groups in total. The molecule has 0 aliphatic heterocycles. The van der Waals surface area contributed by atoms with Gasteiger partial charge in [0.1, 0.15) is 11.5 Å². The standard InChI is InChI=1S/C12H9BrFN3O/c13-8-2-1-5-16-11(8)12(18)17-10-4-3-7(15)6-9(10)14/h1-6H,15H2,(H,17,18). The Labute approximate surface area is 111 Å². The lowest BCUT2D eigenvalue weighted by molar-refractivity contribution is 0.102. The highest BCUT2D eigenvalue weighted by Gasteiger charge is 2.13. The number of aromatic nitrogens is 1. The number of anilines is 2. The molecule has 0 saturated heterocycles. The number of carbonyl (C=O) groups is 1. The van der Waals surface area contributed by atoms with Crippen LogP contribution in [0.1, 0.15) is 10.5 Å². The minimum atomic E-state index is -0.588. The average molecular weight is 310 g/mol. The highest BCUT2D eigenvalue weighted by molar-refractivity contribution is 9.10. The normalized spacial score (nSPS) is 10.1. The Bertz CT molecular complexity index is 604. The molecule has 1 aromatic heterocycles. The number of pyridine rings is 1. The van der Waals surface area contributed by atoms with E-state index in [1.54, 1.807) is 12.1 Å². The Kier molecular flexibility index (Phi) is 3.57. The lowest BCUT2D eigenvalue weighted by atomic mass is 10.2. The largest absolute Gasteiger partial charge is 0.399 e. The number of nitrogens with zero attached hydrogens (tertiary/aromatic N) is 1. The maximum Gasteiger partial charge on any atom is 0.275 e. The van der Waals surface area contributed by atoms with Gasteiger partial charge in [-0.1, -0.05) is 0 Å². The topological polar surface area (TPSA) is 68.0 Å². The molecule has 0 saturated carbocycles. The highest BCUT2D eigenvalue weighted by Crippen LogP contribution is 2.19. The highest BCUT2D eigenvalue weighted by atomic mass is 79.9. The summed E-state index contributed by atoms with van der Waals surface area (Å²) in [7, 11) is 0. The molecular weight excluding hydrogens is 301 g/mol. The summed E-state index contributed by atoms with van der Waals surface area (Å²) in [6.45, 7) is 0. The number of halogens is 2. The summed E-state index contributed by atoms with van der Waals surface area (Å²) in [5.41, 5.74) is 5.97. The fraction of sp³-hybridized carbons (Fsp3) is 0. The van der Waals surface area contributed by atoms with E-state index in [1.165, 1.54) is 18.3 Å². The van der Waals surface area contributed by atoms with Crippen molar-refractivity contribution in [2.24, 2.45) is 0 Å². The first kappa shape index (κ1) is 12.5. The number of hydrogen-bond donors (Lipinski definition) is 2. The number of nitrogens with one attached hydrogen (secondary N) is 1. The molecule has 1 heterocycles. The molecule has 92 valence electrons. The minimum Gasteiger partial charge on any atom is -0.399 e. The van der Waals surface area contributed by atoms with Crippen molar-refractivity contribution in [2.45, 2.75) is 0 Å². The third-order valence-electron chi connectivity index (χ3n) is 2.21. The monoisotopic (exact) mass is 309 g/mol. The van der Waals surface area contributed by atoms with E-state index in [9.17, 15) is 9.18 Å². The average Bonchev–Trinajstić information content (AvgIpc) is 2.33. The molecule has 1 amide bonds. The SMILES string of the molecule is Nc1ccc(NC(=O)c2ncccc2Br)c(F)c1. The maximum absolute atomic E-state index is 13.5. The van der Waals surface area contributed by atoms with Gasteiger partial charge in [0.05, 0.1) is 5.69 Å². The molecule has 4 nitrogen and oxygen atoms in total. The number of amides is 1. The third kappa shape index (κ3) is 2.65. The van der Waals surface area contributed by atoms with E-state index in [0.29, 0.717) is 10.2 Å². The van der Waals surface area contributed by atoms with E-state index in [-0.39, 0.29) is 11.4 Å². The van der Waals surface area contributed by atoms with Crippen LogP contribution in [0.25, 0.3) is 0 Å². The number of nitrogen functional groups attached to an aromatic ring is 1. The van der Waals surface area contributed by atoms with Crippen molar-refractivity contribution in [1.29, 1.82) is 0 Å². The van der Waals surface area contributed by atoms with E-state index in [4.69, 9.17) is 5.73 Å². The zero-order valence-electron chi connectivity index (χ0n) is 9.15. The van der Waals surface area contributed by atoms with Crippen molar-refractivity contribution < 1.29 is 9.18 Å². The number of rotatable bonds is 2. The van der Waals surface area contributed by atoms with Gasteiger partial charge in [-0.3, -0.25) is 4.79 Å². The zero-order valence-corrected chi connectivity index (χ0v) is 10.7. The van der Waals surface area contributed by atoms with Gasteiger partial charge in [-0.15, -0.1) is 0 Å². The Balaban J connectivity index is 2.24. The maximum atomic E-state index is 13.5. The third-order valence-corrected chi connectivity index (χ3v) is 2.85. The van der Waals surface area contributed by atoms with Gasteiger partial charge >= 0.3 is 0 Å². The minimum absolute atomic E-state index is 0.0618. The second kappa shape index (κ2) is 5.14. The molecule has 0 atom stereocenters. The predicted octanol–water partition coefficient (Wildman–Crippen LogP) is 2.82. The molecule has 0 fully saturated rings. The molecule has 0 unspecified atom stereocenters. The second-order valence-corrected chi connectivity index (χ2v) is 4.38. The summed E-state index contributed by atoms with van der Waals surface area (Å²) >= 11 is 3.20. The number of carbonyl (C=O) groups excluding carboxylic acids is 1. The van der Waals surface area contributed by atoms with E-state index in [1.807, 2.05) is 0 Å². The summed E-state index contributed by atoms with van der Waals surface area (Å²) in [6.07, 6.45) is 1.49. The van der Waals surface area contributed by atoms with Gasteiger partial charge in [-0.2, -0.15) is 0 Å². The van der Waals surface area contributed by atoms with Crippen LogP contribution in [0, 0.1) is 5.82 Å². The van der Waals surface area contributed by atoms with Gasteiger partial charge in [0, 0.05) is 16.4 Å². The Hall–Kier alpha value is -1.95. The first-order chi connectivity index (χ1) is 8.58. The summed E-state index contributed by atoms with van der Waals surface area (Å²) in [6, 6.07) is 7.42. The summed E-state index contributed by atoms with van der Waals surface area (Å²) < 4.78 is 14.0. The first-order valence-corrected chi connectivity index (χ1v) is 5.84. The van der Waals surface area contributed by atoms with Crippen molar-refractivity contribution in [3.63, 3.8) is 0 Å². The molecule has 18 heavy (non-hydrogen) atoms. The Morgan fingerprint density at radius 1 is 1.39 bits per heavy atom. The van der Waals surface area contributed by atoms with Crippen LogP contribution in [0.15, 0.2) is 41.0 Å². The number of benzene rings is 1. The van der Waals surface area contributed by atoms with Crippen molar-refractivity contribution >= 4 is 33.2 Å². The first-order valence-electron chi connectivity index (χ1n) is 5.05. The van der Waals surface area contributed by atoms with Crippen LogP contribution in [0.4, 0.5) is 15.8 Å². The van der Waals surface area contributed by atoms with Crippen LogP contribution >= 0.6 is 15.9 Å². The molecule has 0 bridgehead atoms. The van der Waals surface area contributed by atoms with Gasteiger partial charge in [0.25, 0.3) is 5.91 Å². The molecule has 2 aromatic rings. The van der Waals surface area contributed by atoms with E-state index >= 15 is 0 Å². The van der Waals surface area contributed by atoms with Crippen molar-refractivity contribution in [1.82, 2.24) is 4.98 Å². The van der Waals surface area contributed by atoms with Crippen molar-refractivity contribution in [3.05, 3.63) is 52.5 Å². The van der Waals surface area contributed by atoms with Gasteiger partial charge < -0.3 is 11.1 Å². The van der Waals surface area contributed by atoms with Gasteiger partial charge in [-0.05, 0) is 46.3 Å². The molecule has 6 heteroatoms. The molecule has 1 aromatic carbocycles. The molecular formula is C12H9BrFN3O. The fourth-order valence-electron chi connectivity index (χ4n) is 1.37.